The van der Waals surface area contributed by atoms with E-state index in [1.54, 1.807) is 17.4 Å². The monoisotopic (exact) mass is 367 g/mol. The van der Waals surface area contributed by atoms with Crippen molar-refractivity contribution in [2.24, 2.45) is 5.92 Å². The van der Waals surface area contributed by atoms with Crippen LogP contribution >= 0.6 is 27.3 Å². The Kier molecular flexibility index (Phi) is 4.77. The Morgan fingerprint density at radius 1 is 1.33 bits per heavy atom. The van der Waals surface area contributed by atoms with Crippen molar-refractivity contribution in [3.63, 3.8) is 0 Å². The fourth-order valence-electron chi connectivity index (χ4n) is 2.58. The van der Waals surface area contributed by atoms with Crippen LogP contribution in [0.1, 0.15) is 37.1 Å². The summed E-state index contributed by atoms with van der Waals surface area (Å²) in [6.45, 7) is 3.23. The van der Waals surface area contributed by atoms with Crippen LogP contribution in [0.4, 0.5) is 4.39 Å². The molecule has 112 valence electrons. The van der Waals surface area contributed by atoms with Crippen LogP contribution in [-0.2, 0) is 0 Å². The fraction of sp³-hybridized carbons (Fsp3) is 0.412. The zero-order valence-electron chi connectivity index (χ0n) is 12.0. The first kappa shape index (κ1) is 15.2. The van der Waals surface area contributed by atoms with Gasteiger partial charge in [0.05, 0.1) is 0 Å². The lowest BCUT2D eigenvalue weighted by atomic mass is 10.1. The second kappa shape index (κ2) is 6.59. The van der Waals surface area contributed by atoms with Crippen LogP contribution < -0.4 is 5.32 Å². The van der Waals surface area contributed by atoms with Gasteiger partial charge in [0.2, 0.25) is 0 Å². The normalized spacial score (nSPS) is 16.1. The molecule has 0 bridgehead atoms. The van der Waals surface area contributed by atoms with Gasteiger partial charge in [0.15, 0.2) is 0 Å². The molecular formula is C17H19BrFNS. The summed E-state index contributed by atoms with van der Waals surface area (Å²) in [5.41, 5.74) is 0.686. The highest BCUT2D eigenvalue weighted by Gasteiger charge is 2.32. The molecule has 3 rings (SSSR count). The molecule has 1 unspecified atom stereocenters. The van der Waals surface area contributed by atoms with Crippen LogP contribution in [0.3, 0.4) is 0 Å². The third kappa shape index (κ3) is 3.55. The molecule has 1 aliphatic carbocycles. The predicted octanol–water partition coefficient (Wildman–Crippen LogP) is 5.77. The van der Waals surface area contributed by atoms with Crippen molar-refractivity contribution in [3.05, 3.63) is 45.5 Å². The Morgan fingerprint density at radius 2 is 2.14 bits per heavy atom. The molecule has 1 N–H and O–H groups in total. The fourth-order valence-corrected chi connectivity index (χ4v) is 4.14. The van der Waals surface area contributed by atoms with Crippen LogP contribution in [0.2, 0.25) is 0 Å². The van der Waals surface area contributed by atoms with Gasteiger partial charge in [-0.3, -0.25) is 0 Å². The largest absolute Gasteiger partial charge is 0.309 e. The summed E-state index contributed by atoms with van der Waals surface area (Å²) in [5, 5.41) is 3.65. The second-order valence-corrected chi connectivity index (χ2v) is 7.63. The highest BCUT2D eigenvalue weighted by Crippen LogP contribution is 2.44. The van der Waals surface area contributed by atoms with Crippen molar-refractivity contribution < 1.29 is 4.39 Å². The number of rotatable bonds is 6. The molecule has 0 saturated heterocycles. The first-order valence-electron chi connectivity index (χ1n) is 7.47. The number of thiophene rings is 1. The molecular weight excluding hydrogens is 349 g/mol. The van der Waals surface area contributed by atoms with Crippen LogP contribution in [0.25, 0.3) is 10.4 Å². The lowest BCUT2D eigenvalue weighted by Crippen LogP contribution is -2.22. The van der Waals surface area contributed by atoms with Crippen molar-refractivity contribution in [3.8, 4) is 10.4 Å². The third-order valence-corrected chi connectivity index (χ3v) is 5.53. The van der Waals surface area contributed by atoms with E-state index < -0.39 is 0 Å². The lowest BCUT2D eigenvalue weighted by Gasteiger charge is -2.16. The molecule has 0 radical (unpaired) electrons. The molecule has 2 aromatic rings. The molecule has 1 heterocycles. The van der Waals surface area contributed by atoms with Crippen molar-refractivity contribution in [2.75, 3.05) is 6.54 Å². The lowest BCUT2D eigenvalue weighted by molar-refractivity contribution is 0.488. The van der Waals surface area contributed by atoms with Gasteiger partial charge < -0.3 is 5.32 Å². The molecule has 1 nitrogen and oxygen atoms in total. The van der Waals surface area contributed by atoms with Crippen molar-refractivity contribution in [1.82, 2.24) is 5.32 Å². The predicted molar refractivity (Wildman–Crippen MR) is 91.2 cm³/mol. The summed E-state index contributed by atoms with van der Waals surface area (Å²) < 4.78 is 14.9. The van der Waals surface area contributed by atoms with E-state index in [0.29, 0.717) is 11.6 Å². The third-order valence-electron chi connectivity index (χ3n) is 3.83. The molecule has 1 saturated carbocycles. The van der Waals surface area contributed by atoms with E-state index in [9.17, 15) is 4.39 Å². The summed E-state index contributed by atoms with van der Waals surface area (Å²) in [6, 6.07) is 9.77. The molecule has 1 aromatic heterocycles. The zero-order chi connectivity index (χ0) is 14.8. The molecule has 0 spiro atoms. The highest BCUT2D eigenvalue weighted by atomic mass is 79.9. The van der Waals surface area contributed by atoms with Crippen molar-refractivity contribution in [1.29, 1.82) is 0 Å². The highest BCUT2D eigenvalue weighted by molar-refractivity contribution is 9.10. The Labute approximate surface area is 137 Å². The van der Waals surface area contributed by atoms with E-state index in [-0.39, 0.29) is 5.82 Å². The van der Waals surface area contributed by atoms with Gasteiger partial charge in [-0.25, -0.2) is 4.39 Å². The van der Waals surface area contributed by atoms with Gasteiger partial charge in [0.25, 0.3) is 0 Å². The molecule has 1 aliphatic rings. The van der Waals surface area contributed by atoms with Crippen LogP contribution in [-0.4, -0.2) is 6.54 Å². The summed E-state index contributed by atoms with van der Waals surface area (Å²) in [4.78, 5) is 2.34. The first-order valence-corrected chi connectivity index (χ1v) is 9.08. The van der Waals surface area contributed by atoms with Gasteiger partial charge in [0, 0.05) is 25.8 Å². The Hall–Kier alpha value is -0.710. The van der Waals surface area contributed by atoms with E-state index in [4.69, 9.17) is 0 Å². The smallest absolute Gasteiger partial charge is 0.131 e. The Morgan fingerprint density at radius 3 is 2.86 bits per heavy atom. The molecule has 1 aromatic carbocycles. The summed E-state index contributed by atoms with van der Waals surface area (Å²) in [5.74, 6) is 0.603. The Bertz CT molecular complexity index is 621. The van der Waals surface area contributed by atoms with E-state index in [0.717, 1.165) is 28.2 Å². The minimum atomic E-state index is -0.156. The minimum Gasteiger partial charge on any atom is -0.309 e. The molecule has 0 amide bonds. The molecule has 0 aliphatic heterocycles. The minimum absolute atomic E-state index is 0.156. The van der Waals surface area contributed by atoms with Crippen LogP contribution in [0.5, 0.6) is 0 Å². The maximum absolute atomic E-state index is 14.0. The standard InChI is InChI=1S/C17H19BrFNS/c1-2-9-20-17(11-3-4-11)16-8-7-15(21-16)13-10-12(18)5-6-14(13)19/h5-8,10-11,17,20H,2-4,9H2,1H3. The second-order valence-electron chi connectivity index (χ2n) is 5.60. The summed E-state index contributed by atoms with van der Waals surface area (Å²) in [6.07, 6.45) is 3.75. The van der Waals surface area contributed by atoms with Gasteiger partial charge in [-0.05, 0) is 62.1 Å². The van der Waals surface area contributed by atoms with Gasteiger partial charge in [0.1, 0.15) is 5.82 Å². The molecule has 21 heavy (non-hydrogen) atoms. The SMILES string of the molecule is CCCNC(c1ccc(-c2cc(Br)ccc2F)s1)C1CC1. The zero-order valence-corrected chi connectivity index (χ0v) is 14.4. The summed E-state index contributed by atoms with van der Waals surface area (Å²) >= 11 is 5.13. The number of hydrogen-bond acceptors (Lipinski definition) is 2. The van der Waals surface area contributed by atoms with Crippen molar-refractivity contribution in [2.45, 2.75) is 32.2 Å². The number of nitrogens with one attached hydrogen (secondary N) is 1. The van der Waals surface area contributed by atoms with E-state index in [1.807, 2.05) is 12.1 Å². The average Bonchev–Trinajstić information content (AvgIpc) is 3.19. The maximum atomic E-state index is 14.0. The molecule has 1 atom stereocenters. The molecule has 4 heteroatoms. The Balaban J connectivity index is 1.86. The van der Waals surface area contributed by atoms with E-state index in [1.165, 1.54) is 23.8 Å². The average molecular weight is 368 g/mol. The van der Waals surface area contributed by atoms with Crippen LogP contribution in [0, 0.1) is 11.7 Å². The van der Waals surface area contributed by atoms with Gasteiger partial charge in [-0.2, -0.15) is 0 Å². The number of benzene rings is 1. The quantitative estimate of drug-likeness (QED) is 0.683. The summed E-state index contributed by atoms with van der Waals surface area (Å²) in [7, 11) is 0. The van der Waals surface area contributed by atoms with Gasteiger partial charge in [-0.15, -0.1) is 11.3 Å². The number of hydrogen-bond donors (Lipinski definition) is 1. The van der Waals surface area contributed by atoms with Gasteiger partial charge in [-0.1, -0.05) is 22.9 Å². The van der Waals surface area contributed by atoms with E-state index >= 15 is 0 Å². The molecule has 1 fully saturated rings. The van der Waals surface area contributed by atoms with Crippen molar-refractivity contribution >= 4 is 27.3 Å². The maximum Gasteiger partial charge on any atom is 0.131 e. The topological polar surface area (TPSA) is 12.0 Å². The number of halogens is 2. The van der Waals surface area contributed by atoms with Gasteiger partial charge >= 0.3 is 0 Å². The van der Waals surface area contributed by atoms with Crippen LogP contribution in [0.15, 0.2) is 34.8 Å². The van der Waals surface area contributed by atoms with E-state index in [2.05, 4.69) is 34.2 Å². The first-order chi connectivity index (χ1) is 10.2.